The fraction of sp³-hybridized carbons (Fsp3) is 0.297. The number of halogens is 1. The molecule has 0 unspecified atom stereocenters. The van der Waals surface area contributed by atoms with Gasteiger partial charge in [-0.1, -0.05) is 96.5 Å². The summed E-state index contributed by atoms with van der Waals surface area (Å²) in [5.41, 5.74) is 4.87. The van der Waals surface area contributed by atoms with Gasteiger partial charge >= 0.3 is 0 Å². The minimum absolute atomic E-state index is 0.0162. The molecule has 0 saturated heterocycles. The molecule has 4 aromatic rings. The van der Waals surface area contributed by atoms with Crippen LogP contribution in [0.5, 0.6) is 5.75 Å². The summed E-state index contributed by atoms with van der Waals surface area (Å²) in [5.74, 6) is 0.568. The van der Waals surface area contributed by atoms with Crippen LogP contribution in [-0.4, -0.2) is 54.4 Å². The van der Waals surface area contributed by atoms with E-state index in [1.54, 1.807) is 0 Å². The molecule has 0 saturated carbocycles. The molecule has 0 atom stereocenters. The molecule has 0 spiro atoms. The van der Waals surface area contributed by atoms with Crippen molar-refractivity contribution < 1.29 is 14.3 Å². The Bertz CT molecular complexity index is 1530. The fourth-order valence-corrected chi connectivity index (χ4v) is 6.00. The molecule has 1 heterocycles. The standard InChI is InChI=1S/C37H40ClN3O3/c1-29-13-10-17-32-27-40(35(42)25-31-16-8-9-20-34(31)38)23-11-21-39(26-30-14-4-2-5-15-30)22-12-24-41(37(29)32)36(43)28-44-33-18-6-3-7-19-33/h2-10,13-20H,11-12,21-28H2,1H3. The molecule has 1 aliphatic rings. The Balaban J connectivity index is 1.44. The molecule has 44 heavy (non-hydrogen) atoms. The van der Waals surface area contributed by atoms with Crippen molar-refractivity contribution in [2.75, 3.05) is 37.7 Å². The Morgan fingerprint density at radius 1 is 0.750 bits per heavy atom. The van der Waals surface area contributed by atoms with Crippen LogP contribution in [0, 0.1) is 6.92 Å². The highest BCUT2D eigenvalue weighted by atomic mass is 35.5. The number of ether oxygens (including phenoxy) is 1. The Kier molecular flexibility index (Phi) is 11.1. The summed E-state index contributed by atoms with van der Waals surface area (Å²) in [5, 5.41) is 0.593. The summed E-state index contributed by atoms with van der Waals surface area (Å²) >= 11 is 6.45. The zero-order valence-electron chi connectivity index (χ0n) is 25.3. The lowest BCUT2D eigenvalue weighted by atomic mass is 10.0. The summed E-state index contributed by atoms with van der Waals surface area (Å²) in [6.07, 6.45) is 1.88. The first-order chi connectivity index (χ1) is 21.5. The van der Waals surface area contributed by atoms with Gasteiger partial charge in [-0.25, -0.2) is 0 Å². The Morgan fingerprint density at radius 2 is 1.43 bits per heavy atom. The molecule has 5 rings (SSSR count). The van der Waals surface area contributed by atoms with E-state index in [4.69, 9.17) is 16.3 Å². The number of amides is 2. The minimum Gasteiger partial charge on any atom is -0.484 e. The zero-order valence-corrected chi connectivity index (χ0v) is 26.1. The van der Waals surface area contributed by atoms with Gasteiger partial charge < -0.3 is 14.5 Å². The highest BCUT2D eigenvalue weighted by Crippen LogP contribution is 2.29. The first-order valence-corrected chi connectivity index (χ1v) is 15.7. The summed E-state index contributed by atoms with van der Waals surface area (Å²) in [6, 6.07) is 33.4. The highest BCUT2D eigenvalue weighted by Gasteiger charge is 2.25. The van der Waals surface area contributed by atoms with Crippen molar-refractivity contribution in [3.63, 3.8) is 0 Å². The first-order valence-electron chi connectivity index (χ1n) is 15.3. The molecule has 0 bridgehead atoms. The average molecular weight is 610 g/mol. The number of anilines is 1. The molecule has 2 amide bonds. The molecular weight excluding hydrogens is 570 g/mol. The molecular formula is C37H40ClN3O3. The highest BCUT2D eigenvalue weighted by molar-refractivity contribution is 6.31. The van der Waals surface area contributed by atoms with Crippen LogP contribution in [0.15, 0.2) is 103 Å². The number of carbonyl (C=O) groups excluding carboxylic acids is 2. The second-order valence-electron chi connectivity index (χ2n) is 11.3. The molecule has 0 aliphatic carbocycles. The van der Waals surface area contributed by atoms with Gasteiger partial charge in [-0.05, 0) is 60.2 Å². The maximum absolute atomic E-state index is 13.9. The number of aryl methyl sites for hydroxylation is 1. The number of hydrogen-bond acceptors (Lipinski definition) is 4. The lowest BCUT2D eigenvalue weighted by Gasteiger charge is -2.32. The van der Waals surface area contributed by atoms with Gasteiger partial charge in [0.2, 0.25) is 5.91 Å². The van der Waals surface area contributed by atoms with Crippen molar-refractivity contribution in [3.05, 3.63) is 130 Å². The quantitative estimate of drug-likeness (QED) is 0.228. The van der Waals surface area contributed by atoms with Gasteiger partial charge in [0.15, 0.2) is 6.61 Å². The molecule has 4 aromatic carbocycles. The van der Waals surface area contributed by atoms with Crippen LogP contribution >= 0.6 is 11.6 Å². The number of fused-ring (bicyclic) bond motifs is 1. The monoisotopic (exact) mass is 609 g/mol. The second-order valence-corrected chi connectivity index (χ2v) is 11.7. The predicted octanol–water partition coefficient (Wildman–Crippen LogP) is 6.93. The Morgan fingerprint density at radius 3 is 2.18 bits per heavy atom. The van der Waals surface area contributed by atoms with E-state index in [9.17, 15) is 9.59 Å². The van der Waals surface area contributed by atoms with Crippen LogP contribution in [0.25, 0.3) is 0 Å². The van der Waals surface area contributed by atoms with Crippen molar-refractivity contribution in [1.82, 2.24) is 9.80 Å². The molecule has 0 fully saturated rings. The maximum atomic E-state index is 13.9. The van der Waals surface area contributed by atoms with Gasteiger partial charge in [-0.2, -0.15) is 0 Å². The van der Waals surface area contributed by atoms with E-state index in [1.165, 1.54) is 5.56 Å². The molecule has 0 radical (unpaired) electrons. The van der Waals surface area contributed by atoms with Crippen molar-refractivity contribution in [3.8, 4) is 5.75 Å². The molecule has 0 N–H and O–H groups in total. The van der Waals surface area contributed by atoms with E-state index in [2.05, 4.69) is 29.2 Å². The van der Waals surface area contributed by atoms with Gasteiger partial charge in [0.25, 0.3) is 5.91 Å². The van der Waals surface area contributed by atoms with Gasteiger partial charge in [0, 0.05) is 44.3 Å². The zero-order chi connectivity index (χ0) is 30.7. The topological polar surface area (TPSA) is 53.1 Å². The third-order valence-electron chi connectivity index (χ3n) is 8.02. The number of para-hydroxylation sites is 2. The minimum atomic E-state index is -0.106. The molecule has 1 aliphatic heterocycles. The molecule has 7 heteroatoms. The summed E-state index contributed by atoms with van der Waals surface area (Å²) in [7, 11) is 0. The molecule has 228 valence electrons. The van der Waals surface area contributed by atoms with Crippen LogP contribution in [0.4, 0.5) is 5.69 Å². The van der Waals surface area contributed by atoms with Crippen LogP contribution < -0.4 is 9.64 Å². The number of carbonyl (C=O) groups is 2. The largest absolute Gasteiger partial charge is 0.484 e. The van der Waals surface area contributed by atoms with Gasteiger partial charge in [-0.3, -0.25) is 14.5 Å². The van der Waals surface area contributed by atoms with Gasteiger partial charge in [0.05, 0.1) is 12.1 Å². The van der Waals surface area contributed by atoms with Crippen molar-refractivity contribution in [2.24, 2.45) is 0 Å². The maximum Gasteiger partial charge on any atom is 0.264 e. The molecule has 0 aromatic heterocycles. The van der Waals surface area contributed by atoms with Crippen LogP contribution in [-0.2, 0) is 29.1 Å². The second kappa shape index (κ2) is 15.6. The Labute approximate surface area is 265 Å². The van der Waals surface area contributed by atoms with Crippen molar-refractivity contribution in [2.45, 2.75) is 39.3 Å². The van der Waals surface area contributed by atoms with E-state index in [0.717, 1.165) is 54.9 Å². The third kappa shape index (κ3) is 8.49. The lowest BCUT2D eigenvalue weighted by Crippen LogP contribution is -2.41. The number of benzene rings is 4. The summed E-state index contributed by atoms with van der Waals surface area (Å²) in [6.45, 7) is 6.00. The summed E-state index contributed by atoms with van der Waals surface area (Å²) < 4.78 is 5.91. The van der Waals surface area contributed by atoms with Crippen LogP contribution in [0.3, 0.4) is 0 Å². The van der Waals surface area contributed by atoms with E-state index in [0.29, 0.717) is 30.4 Å². The number of nitrogens with zero attached hydrogens (tertiary/aromatic N) is 3. The van der Waals surface area contributed by atoms with Gasteiger partial charge in [-0.15, -0.1) is 0 Å². The van der Waals surface area contributed by atoms with Crippen LogP contribution in [0.1, 0.15) is 35.1 Å². The van der Waals surface area contributed by atoms with Gasteiger partial charge in [0.1, 0.15) is 5.75 Å². The fourth-order valence-electron chi connectivity index (χ4n) is 5.80. The average Bonchev–Trinajstić information content (AvgIpc) is 3.03. The van der Waals surface area contributed by atoms with E-state index in [1.807, 2.05) is 95.6 Å². The predicted molar refractivity (Wildman–Crippen MR) is 177 cm³/mol. The van der Waals surface area contributed by atoms with E-state index >= 15 is 0 Å². The van der Waals surface area contributed by atoms with Crippen molar-refractivity contribution >= 4 is 29.1 Å². The van der Waals surface area contributed by atoms with Crippen LogP contribution in [0.2, 0.25) is 5.02 Å². The first kappa shape index (κ1) is 31.3. The van der Waals surface area contributed by atoms with E-state index < -0.39 is 0 Å². The Hall–Kier alpha value is -4.13. The lowest BCUT2D eigenvalue weighted by molar-refractivity contribution is -0.131. The number of hydrogen-bond donors (Lipinski definition) is 0. The molecule has 6 nitrogen and oxygen atoms in total. The number of rotatable bonds is 7. The smallest absolute Gasteiger partial charge is 0.264 e. The summed E-state index contributed by atoms with van der Waals surface area (Å²) in [4.78, 5) is 33.9. The SMILES string of the molecule is Cc1cccc2c1N(C(=O)COc1ccccc1)CCCN(Cc1ccccc1)CCCN(C(=O)Cc1ccccc1Cl)C2. The third-order valence-corrected chi connectivity index (χ3v) is 8.39. The normalized spacial score (nSPS) is 14.7. The van der Waals surface area contributed by atoms with Crippen molar-refractivity contribution in [1.29, 1.82) is 0 Å². The van der Waals surface area contributed by atoms with E-state index in [-0.39, 0.29) is 24.8 Å².